The molecule has 47 heavy (non-hydrogen) atoms. The average Bonchev–Trinajstić information content (AvgIpc) is 3.00. The van der Waals surface area contributed by atoms with Crippen LogP contribution < -0.4 is 14.9 Å². The van der Waals surface area contributed by atoms with Gasteiger partial charge in [-0.15, -0.1) is 0 Å². The van der Waals surface area contributed by atoms with Crippen molar-refractivity contribution < 1.29 is 32.3 Å². The van der Waals surface area contributed by atoms with Gasteiger partial charge in [0.25, 0.3) is 11.8 Å². The topological polar surface area (TPSA) is 136 Å². The second-order valence-electron chi connectivity index (χ2n) is 12.5. The monoisotopic (exact) mass is 702 g/mol. The molecule has 1 fully saturated rings. The Bertz CT molecular complexity index is 1810. The summed E-state index contributed by atoms with van der Waals surface area (Å²) in [5, 5.41) is 0.663. The first-order valence-electron chi connectivity index (χ1n) is 15.4. The van der Waals surface area contributed by atoms with Gasteiger partial charge in [-0.1, -0.05) is 60.3 Å². The fourth-order valence-electron chi connectivity index (χ4n) is 6.72. The average molecular weight is 704 g/mol. The molecule has 0 radical (unpaired) electrons. The number of sulfonamides is 1. The summed E-state index contributed by atoms with van der Waals surface area (Å²) in [6.07, 6.45) is 3.73. The van der Waals surface area contributed by atoms with Crippen molar-refractivity contribution in [1.82, 2.24) is 20.1 Å². The summed E-state index contributed by atoms with van der Waals surface area (Å²) in [6.45, 7) is 3.86. The minimum absolute atomic E-state index is 0.0469. The Morgan fingerprint density at radius 1 is 1.09 bits per heavy atom. The predicted molar refractivity (Wildman–Crippen MR) is 175 cm³/mol. The Kier molecular flexibility index (Phi) is 9.54. The van der Waals surface area contributed by atoms with Gasteiger partial charge in [0.2, 0.25) is 15.8 Å². The molecule has 6 rings (SSSR count). The van der Waals surface area contributed by atoms with Crippen LogP contribution in [-0.4, -0.2) is 54.2 Å². The largest absolute Gasteiger partial charge is 0.461 e. The molecule has 0 spiro atoms. The minimum atomic E-state index is -3.60. The lowest BCUT2D eigenvalue weighted by Crippen LogP contribution is -2.59. The third-order valence-corrected chi connectivity index (χ3v) is 9.98. The molecule has 0 saturated heterocycles. The van der Waals surface area contributed by atoms with Crippen molar-refractivity contribution in [2.75, 3.05) is 6.26 Å². The molecule has 2 aliphatic heterocycles. The van der Waals surface area contributed by atoms with Crippen LogP contribution in [0, 0.1) is 0 Å². The number of halogens is 2. The first-order chi connectivity index (χ1) is 22.3. The van der Waals surface area contributed by atoms with Gasteiger partial charge in [0, 0.05) is 41.5 Å². The van der Waals surface area contributed by atoms with Crippen molar-refractivity contribution in [3.63, 3.8) is 0 Å². The van der Waals surface area contributed by atoms with E-state index < -0.39 is 45.8 Å². The van der Waals surface area contributed by atoms with E-state index >= 15 is 0 Å². The van der Waals surface area contributed by atoms with Gasteiger partial charge in [0.15, 0.2) is 0 Å². The van der Waals surface area contributed by atoms with Crippen molar-refractivity contribution in [1.29, 1.82) is 0 Å². The number of rotatable bonds is 8. The molecule has 11 nitrogen and oxygen atoms in total. The molecule has 1 saturated carbocycles. The van der Waals surface area contributed by atoms with Crippen LogP contribution in [0.25, 0.3) is 0 Å². The fraction of sp³-hybridized carbons (Fsp3) is 0.424. The Balaban J connectivity index is 1.35. The molecule has 250 valence electrons. The van der Waals surface area contributed by atoms with Gasteiger partial charge in [-0.3, -0.25) is 14.4 Å². The molecule has 1 aromatic heterocycles. The third kappa shape index (κ3) is 7.28. The third-order valence-electron chi connectivity index (χ3n) is 8.69. The second kappa shape index (κ2) is 13.3. The van der Waals surface area contributed by atoms with E-state index in [1.807, 2.05) is 13.8 Å². The Hall–Kier alpha value is -3.26. The summed E-state index contributed by atoms with van der Waals surface area (Å²) in [6, 6.07) is 13.4. The molecule has 0 bridgehead atoms. The standard InChI is InChI=1S/C33H36Cl2N4O7S/c1-33(2)44-18-26-28(46-33)15-13-20(36-26)17-45-37-31(40)29-21-8-4-5-9-22(21)32(41)39(30(29)23-14-12-19(34)16-24(23)35)27-11-7-6-10-25(27)38-47(3,42)43/h4-5,8-9,12-16,25,27,29-30,38H,6-7,10-11,17-18H2,1-3H3,(H,37,40)/t25-,27-,29+,30-/m0/s1. The zero-order valence-electron chi connectivity index (χ0n) is 26.2. The summed E-state index contributed by atoms with van der Waals surface area (Å²) in [7, 11) is -3.60. The van der Waals surface area contributed by atoms with Crippen LogP contribution >= 0.6 is 23.2 Å². The van der Waals surface area contributed by atoms with Crippen molar-refractivity contribution in [3.8, 4) is 5.75 Å². The highest BCUT2D eigenvalue weighted by molar-refractivity contribution is 7.88. The van der Waals surface area contributed by atoms with E-state index in [9.17, 15) is 18.0 Å². The minimum Gasteiger partial charge on any atom is -0.461 e. The highest BCUT2D eigenvalue weighted by Crippen LogP contribution is 2.48. The number of hydrogen-bond donors (Lipinski definition) is 2. The normalized spacial score (nSPS) is 23.8. The molecule has 2 aromatic carbocycles. The van der Waals surface area contributed by atoms with Crippen LogP contribution in [0.3, 0.4) is 0 Å². The number of ether oxygens (including phenoxy) is 2. The fourth-order valence-corrected chi connectivity index (χ4v) is 8.06. The molecule has 14 heteroatoms. The van der Waals surface area contributed by atoms with Crippen LogP contribution in [-0.2, 0) is 37.6 Å². The number of nitrogens with one attached hydrogen (secondary N) is 2. The van der Waals surface area contributed by atoms with Crippen molar-refractivity contribution >= 4 is 45.0 Å². The molecule has 2 amide bonds. The van der Waals surface area contributed by atoms with Gasteiger partial charge in [-0.05, 0) is 54.3 Å². The predicted octanol–water partition coefficient (Wildman–Crippen LogP) is 5.42. The highest BCUT2D eigenvalue weighted by Gasteiger charge is 2.49. The molecule has 3 aliphatic rings. The summed E-state index contributed by atoms with van der Waals surface area (Å²) in [5.74, 6) is -1.94. The lowest BCUT2D eigenvalue weighted by atomic mass is 9.76. The SMILES string of the molecule is CC1(C)OCc2nc(CONC(=O)[C@@H]3c4ccccc4C(=O)N([C@H]4CCCC[C@@H]4NS(C)(=O)=O)[C@H]3c3ccc(Cl)cc3Cl)ccc2O1. The van der Waals surface area contributed by atoms with Crippen molar-refractivity contribution in [2.24, 2.45) is 0 Å². The molecule has 2 N–H and O–H groups in total. The number of aromatic nitrogens is 1. The molecule has 4 atom stereocenters. The molecule has 3 aromatic rings. The van der Waals surface area contributed by atoms with Gasteiger partial charge < -0.3 is 14.4 Å². The number of fused-ring (bicyclic) bond motifs is 2. The lowest BCUT2D eigenvalue weighted by molar-refractivity contribution is -0.181. The van der Waals surface area contributed by atoms with E-state index in [0.717, 1.165) is 19.1 Å². The Morgan fingerprint density at radius 3 is 2.62 bits per heavy atom. The maximum absolute atomic E-state index is 14.4. The van der Waals surface area contributed by atoms with E-state index in [0.29, 0.717) is 51.7 Å². The summed E-state index contributed by atoms with van der Waals surface area (Å²) in [4.78, 5) is 40.6. The summed E-state index contributed by atoms with van der Waals surface area (Å²) < 4.78 is 39.1. The number of pyridine rings is 1. The first-order valence-corrected chi connectivity index (χ1v) is 18.0. The molecular weight excluding hydrogens is 667 g/mol. The van der Waals surface area contributed by atoms with E-state index in [-0.39, 0.29) is 24.1 Å². The second-order valence-corrected chi connectivity index (χ2v) is 15.2. The Labute approximate surface area is 283 Å². The van der Waals surface area contributed by atoms with Gasteiger partial charge in [0.05, 0.1) is 30.5 Å². The van der Waals surface area contributed by atoms with Gasteiger partial charge >= 0.3 is 0 Å². The number of hydroxylamine groups is 1. The van der Waals surface area contributed by atoms with Gasteiger partial charge in [-0.2, -0.15) is 0 Å². The number of carbonyl (C=O) groups excluding carboxylic acids is 2. The number of nitrogens with zero attached hydrogens (tertiary/aromatic N) is 2. The zero-order valence-corrected chi connectivity index (χ0v) is 28.5. The van der Waals surface area contributed by atoms with Crippen LogP contribution in [0.5, 0.6) is 5.75 Å². The van der Waals surface area contributed by atoms with Gasteiger partial charge in [0.1, 0.15) is 18.1 Å². The number of carbonyl (C=O) groups is 2. The van der Waals surface area contributed by atoms with Crippen molar-refractivity contribution in [3.05, 3.63) is 92.7 Å². The summed E-state index contributed by atoms with van der Waals surface area (Å²) >= 11 is 13.1. The van der Waals surface area contributed by atoms with E-state index in [1.54, 1.807) is 59.5 Å². The molecular formula is C33H36Cl2N4O7S. The highest BCUT2D eigenvalue weighted by atomic mass is 35.5. The van der Waals surface area contributed by atoms with Crippen LogP contribution in [0.2, 0.25) is 10.0 Å². The zero-order chi connectivity index (χ0) is 33.5. The van der Waals surface area contributed by atoms with Crippen LogP contribution in [0.15, 0.2) is 54.6 Å². The van der Waals surface area contributed by atoms with Crippen LogP contribution in [0.1, 0.15) is 84.4 Å². The maximum atomic E-state index is 14.4. The Morgan fingerprint density at radius 2 is 1.85 bits per heavy atom. The number of benzene rings is 2. The smallest absolute Gasteiger partial charge is 0.255 e. The summed E-state index contributed by atoms with van der Waals surface area (Å²) in [5.41, 5.74) is 5.10. The maximum Gasteiger partial charge on any atom is 0.255 e. The van der Waals surface area contributed by atoms with Gasteiger partial charge in [-0.25, -0.2) is 23.6 Å². The van der Waals surface area contributed by atoms with E-state index in [4.69, 9.17) is 37.5 Å². The molecule has 0 unspecified atom stereocenters. The first kappa shape index (κ1) is 33.6. The van der Waals surface area contributed by atoms with E-state index in [2.05, 4.69) is 15.2 Å². The quantitative estimate of drug-likeness (QED) is 0.297. The van der Waals surface area contributed by atoms with Crippen molar-refractivity contribution in [2.45, 2.75) is 82.6 Å². The lowest BCUT2D eigenvalue weighted by Gasteiger charge is -2.49. The van der Waals surface area contributed by atoms with Crippen LogP contribution in [0.4, 0.5) is 0 Å². The van der Waals surface area contributed by atoms with E-state index in [1.165, 1.54) is 0 Å². The molecule has 1 aliphatic carbocycles. The molecule has 3 heterocycles. The number of hydrogen-bond acceptors (Lipinski definition) is 8. The number of amides is 2.